The molecule has 0 aromatic rings. The molecule has 1 saturated heterocycles. The van der Waals surface area contributed by atoms with Gasteiger partial charge in [0.25, 0.3) is 0 Å². The first-order valence-corrected chi connectivity index (χ1v) is 11.3. The van der Waals surface area contributed by atoms with Gasteiger partial charge in [-0.3, -0.25) is 24.0 Å². The third-order valence-electron chi connectivity index (χ3n) is 5.29. The number of nitrogens with two attached hydrogens (primary N) is 1. The predicted molar refractivity (Wildman–Crippen MR) is 119 cm³/mol. The number of rotatable bonds is 15. The van der Waals surface area contributed by atoms with Crippen molar-refractivity contribution >= 4 is 35.6 Å². The quantitative estimate of drug-likeness (QED) is 0.143. The maximum Gasteiger partial charge on any atom is 0.326 e. The topological polar surface area (TPSA) is 217 Å². The first kappa shape index (κ1) is 28.8. The SMILES string of the molecule is CC(C)CC(NC(=O)C(CCC(N)=O)NC(=O)C1CCCN1)C(=O)NC(CCC(=O)O)C(=O)O. The van der Waals surface area contributed by atoms with E-state index >= 15 is 0 Å². The number of nitrogens with one attached hydrogen (secondary N) is 4. The molecule has 0 spiro atoms. The maximum atomic E-state index is 13.0. The molecule has 0 aromatic carbocycles. The van der Waals surface area contributed by atoms with Crippen molar-refractivity contribution in [1.82, 2.24) is 21.3 Å². The van der Waals surface area contributed by atoms with E-state index in [1.165, 1.54) is 0 Å². The fourth-order valence-electron chi connectivity index (χ4n) is 3.51. The number of primary amides is 1. The van der Waals surface area contributed by atoms with E-state index in [0.717, 1.165) is 6.42 Å². The highest BCUT2D eigenvalue weighted by Crippen LogP contribution is 2.10. The Labute approximate surface area is 197 Å². The Kier molecular flexibility index (Phi) is 12.0. The van der Waals surface area contributed by atoms with Gasteiger partial charge in [0.2, 0.25) is 23.6 Å². The number of aliphatic carboxylic acids is 2. The summed E-state index contributed by atoms with van der Waals surface area (Å²) in [5.74, 6) is -5.27. The van der Waals surface area contributed by atoms with Crippen LogP contribution >= 0.6 is 0 Å². The summed E-state index contributed by atoms with van der Waals surface area (Å²) >= 11 is 0. The average Bonchev–Trinajstić information content (AvgIpc) is 3.27. The first-order chi connectivity index (χ1) is 15.9. The Morgan fingerprint density at radius 1 is 0.912 bits per heavy atom. The van der Waals surface area contributed by atoms with Crippen molar-refractivity contribution in [3.63, 3.8) is 0 Å². The number of carboxylic acid groups (broad SMARTS) is 2. The second-order valence-corrected chi connectivity index (χ2v) is 8.74. The van der Waals surface area contributed by atoms with Gasteiger partial charge >= 0.3 is 11.9 Å². The van der Waals surface area contributed by atoms with Gasteiger partial charge in [-0.05, 0) is 44.6 Å². The minimum absolute atomic E-state index is 0.0697. The van der Waals surface area contributed by atoms with E-state index in [4.69, 9.17) is 10.8 Å². The van der Waals surface area contributed by atoms with Crippen LogP contribution in [-0.2, 0) is 28.8 Å². The zero-order valence-corrected chi connectivity index (χ0v) is 19.5. The molecule has 13 nitrogen and oxygen atoms in total. The van der Waals surface area contributed by atoms with Crippen LogP contribution < -0.4 is 27.0 Å². The van der Waals surface area contributed by atoms with E-state index in [1.54, 1.807) is 13.8 Å². The molecule has 4 atom stereocenters. The normalized spacial score (nSPS) is 17.9. The minimum atomic E-state index is -1.45. The van der Waals surface area contributed by atoms with Crippen molar-refractivity contribution in [3.05, 3.63) is 0 Å². The van der Waals surface area contributed by atoms with Gasteiger partial charge in [-0.1, -0.05) is 13.8 Å². The van der Waals surface area contributed by atoms with E-state index in [0.29, 0.717) is 13.0 Å². The maximum absolute atomic E-state index is 13.0. The van der Waals surface area contributed by atoms with Crippen LogP contribution in [0.2, 0.25) is 0 Å². The zero-order chi connectivity index (χ0) is 25.8. The lowest BCUT2D eigenvalue weighted by Crippen LogP contribution is -2.57. The summed E-state index contributed by atoms with van der Waals surface area (Å²) in [7, 11) is 0. The van der Waals surface area contributed by atoms with Gasteiger partial charge in [0.1, 0.15) is 18.1 Å². The molecule has 1 fully saturated rings. The summed E-state index contributed by atoms with van der Waals surface area (Å²) in [6.07, 6.45) is 0.517. The zero-order valence-electron chi connectivity index (χ0n) is 19.5. The van der Waals surface area contributed by atoms with E-state index in [9.17, 15) is 33.9 Å². The molecule has 8 N–H and O–H groups in total. The largest absolute Gasteiger partial charge is 0.481 e. The smallest absolute Gasteiger partial charge is 0.326 e. The van der Waals surface area contributed by atoms with Gasteiger partial charge in [-0.2, -0.15) is 0 Å². The fraction of sp³-hybridized carbons (Fsp3) is 0.714. The van der Waals surface area contributed by atoms with E-state index in [1.807, 2.05) is 0 Å². The highest BCUT2D eigenvalue weighted by molar-refractivity contribution is 5.94. The van der Waals surface area contributed by atoms with E-state index in [-0.39, 0.29) is 31.6 Å². The van der Waals surface area contributed by atoms with Crippen molar-refractivity contribution in [2.45, 2.75) is 83.0 Å². The molecule has 13 heteroatoms. The van der Waals surface area contributed by atoms with Gasteiger partial charge in [0.05, 0.1) is 6.04 Å². The molecule has 0 radical (unpaired) electrons. The molecule has 0 bridgehead atoms. The Bertz CT molecular complexity index is 766. The van der Waals surface area contributed by atoms with Crippen LogP contribution in [0.4, 0.5) is 0 Å². The van der Waals surface area contributed by atoms with Gasteiger partial charge in [0, 0.05) is 12.8 Å². The summed E-state index contributed by atoms with van der Waals surface area (Å²) < 4.78 is 0. The number of hydrogen-bond acceptors (Lipinski definition) is 7. The fourth-order valence-corrected chi connectivity index (χ4v) is 3.51. The number of carboxylic acids is 2. The van der Waals surface area contributed by atoms with Crippen molar-refractivity contribution < 1.29 is 39.0 Å². The summed E-state index contributed by atoms with van der Waals surface area (Å²) in [6, 6.07) is -4.19. The second-order valence-electron chi connectivity index (χ2n) is 8.74. The standard InChI is InChI=1S/C21H35N5O8/c1-11(2)10-15(20(32)25-14(21(33)34)6-8-17(28)29)26-19(31)13(5-7-16(22)27)24-18(30)12-4-3-9-23-12/h11-15,23H,3-10H2,1-2H3,(H2,22,27)(H,24,30)(H,25,32)(H,26,31)(H,28,29)(H,33,34). The Morgan fingerprint density at radius 3 is 2.00 bits per heavy atom. The van der Waals surface area contributed by atoms with Gasteiger partial charge in [0.15, 0.2) is 0 Å². The van der Waals surface area contributed by atoms with Gasteiger partial charge < -0.3 is 37.2 Å². The van der Waals surface area contributed by atoms with Crippen molar-refractivity contribution in [2.75, 3.05) is 6.54 Å². The van der Waals surface area contributed by atoms with Crippen LogP contribution in [0.25, 0.3) is 0 Å². The number of amides is 4. The molecule has 0 aliphatic carbocycles. The molecule has 34 heavy (non-hydrogen) atoms. The van der Waals surface area contributed by atoms with Crippen LogP contribution in [-0.4, -0.2) is 76.5 Å². The Morgan fingerprint density at radius 2 is 1.50 bits per heavy atom. The summed E-state index contributed by atoms with van der Waals surface area (Å²) in [4.78, 5) is 71.7. The molecular weight excluding hydrogens is 450 g/mol. The lowest BCUT2D eigenvalue weighted by atomic mass is 10.0. The molecule has 4 amide bonds. The molecule has 0 saturated carbocycles. The Balaban J connectivity index is 2.93. The van der Waals surface area contributed by atoms with Crippen LogP contribution in [0.1, 0.15) is 58.8 Å². The van der Waals surface area contributed by atoms with Crippen LogP contribution in [0.5, 0.6) is 0 Å². The highest BCUT2D eigenvalue weighted by Gasteiger charge is 2.32. The minimum Gasteiger partial charge on any atom is -0.481 e. The summed E-state index contributed by atoms with van der Waals surface area (Å²) in [6.45, 7) is 4.26. The molecule has 1 aliphatic heterocycles. The predicted octanol–water partition coefficient (Wildman–Crippen LogP) is -1.55. The molecule has 0 aromatic heterocycles. The summed E-state index contributed by atoms with van der Waals surface area (Å²) in [5.41, 5.74) is 5.18. The lowest BCUT2D eigenvalue weighted by Gasteiger charge is -2.26. The van der Waals surface area contributed by atoms with E-state index in [2.05, 4.69) is 21.3 Å². The van der Waals surface area contributed by atoms with Crippen LogP contribution in [0.15, 0.2) is 0 Å². The van der Waals surface area contributed by atoms with Crippen molar-refractivity contribution in [1.29, 1.82) is 0 Å². The van der Waals surface area contributed by atoms with Crippen LogP contribution in [0, 0.1) is 5.92 Å². The van der Waals surface area contributed by atoms with E-state index < -0.39 is 66.2 Å². The first-order valence-electron chi connectivity index (χ1n) is 11.3. The number of hydrogen-bond donors (Lipinski definition) is 7. The number of carbonyl (C=O) groups is 6. The van der Waals surface area contributed by atoms with Gasteiger partial charge in [-0.15, -0.1) is 0 Å². The lowest BCUT2D eigenvalue weighted by molar-refractivity contribution is -0.143. The molecule has 192 valence electrons. The average molecular weight is 486 g/mol. The molecule has 1 heterocycles. The molecular formula is C21H35N5O8. The molecule has 1 rings (SSSR count). The Hall–Kier alpha value is -3.22. The monoisotopic (exact) mass is 485 g/mol. The van der Waals surface area contributed by atoms with Gasteiger partial charge in [-0.25, -0.2) is 4.79 Å². The van der Waals surface area contributed by atoms with Crippen LogP contribution in [0.3, 0.4) is 0 Å². The summed E-state index contributed by atoms with van der Waals surface area (Å²) in [5, 5.41) is 28.5. The van der Waals surface area contributed by atoms with Crippen molar-refractivity contribution in [3.8, 4) is 0 Å². The number of carbonyl (C=O) groups excluding carboxylic acids is 4. The third kappa shape index (κ3) is 10.6. The second kappa shape index (κ2) is 14.1. The molecule has 1 aliphatic rings. The third-order valence-corrected chi connectivity index (χ3v) is 5.29. The van der Waals surface area contributed by atoms with Crippen molar-refractivity contribution in [2.24, 2.45) is 11.7 Å². The molecule has 4 unspecified atom stereocenters. The highest BCUT2D eigenvalue weighted by atomic mass is 16.4.